The summed E-state index contributed by atoms with van der Waals surface area (Å²) in [5.74, 6) is 0.507. The van der Waals surface area contributed by atoms with Crippen LogP contribution in [0.1, 0.15) is 32.9 Å². The molecule has 0 saturated carbocycles. The van der Waals surface area contributed by atoms with Gasteiger partial charge in [0.05, 0.1) is 30.2 Å². The molecule has 0 bridgehead atoms. The Morgan fingerprint density at radius 3 is 2.82 bits per heavy atom. The van der Waals surface area contributed by atoms with Gasteiger partial charge in [0.2, 0.25) is 0 Å². The molecule has 3 heterocycles. The number of aldehydes is 1. The van der Waals surface area contributed by atoms with E-state index < -0.39 is 0 Å². The number of anilines is 1. The van der Waals surface area contributed by atoms with Crippen LogP contribution in [0.25, 0.3) is 21.8 Å². The Labute approximate surface area is 196 Å². The first kappa shape index (κ1) is 21.4. The Hall–Kier alpha value is -4.46. The zero-order valence-corrected chi connectivity index (χ0v) is 19.1. The van der Waals surface area contributed by atoms with E-state index >= 15 is 0 Å². The monoisotopic (exact) mass is 451 g/mol. The van der Waals surface area contributed by atoms with Crippen molar-refractivity contribution in [2.45, 2.75) is 13.0 Å². The zero-order chi connectivity index (χ0) is 23.7. The number of fused-ring (bicyclic) bond motifs is 2. The maximum Gasteiger partial charge on any atom is 0.167 e. The van der Waals surface area contributed by atoms with Gasteiger partial charge < -0.3 is 10.3 Å². The summed E-state index contributed by atoms with van der Waals surface area (Å²) in [6, 6.07) is 17.9. The number of hydrazone groups is 1. The van der Waals surface area contributed by atoms with E-state index in [9.17, 15) is 4.79 Å². The summed E-state index contributed by atoms with van der Waals surface area (Å²) in [6.07, 6.45) is 5.13. The summed E-state index contributed by atoms with van der Waals surface area (Å²) in [5.41, 5.74) is 12.3. The molecule has 8 nitrogen and oxygen atoms in total. The number of hydrogen-bond donors (Lipinski definition) is 2. The first-order valence-electron chi connectivity index (χ1n) is 11.0. The Morgan fingerprint density at radius 1 is 1.15 bits per heavy atom. The smallest absolute Gasteiger partial charge is 0.167 e. The van der Waals surface area contributed by atoms with Crippen LogP contribution in [0.2, 0.25) is 0 Å². The molecule has 3 N–H and O–H groups in total. The molecule has 0 aliphatic carbocycles. The Kier molecular flexibility index (Phi) is 5.55. The first-order chi connectivity index (χ1) is 16.5. The second kappa shape index (κ2) is 8.82. The third kappa shape index (κ3) is 4.01. The molecule has 0 unspecified atom stereocenters. The van der Waals surface area contributed by atoms with Crippen LogP contribution in [0.3, 0.4) is 0 Å². The number of carbonyl (C=O) groups is 1. The second-order valence-corrected chi connectivity index (χ2v) is 8.37. The molecule has 0 fully saturated rings. The average Bonchev–Trinajstić information content (AvgIpc) is 3.41. The van der Waals surface area contributed by atoms with Gasteiger partial charge >= 0.3 is 0 Å². The number of aromatic amines is 1. The van der Waals surface area contributed by atoms with E-state index in [1.165, 1.54) is 0 Å². The summed E-state index contributed by atoms with van der Waals surface area (Å²) >= 11 is 0. The highest BCUT2D eigenvalue weighted by molar-refractivity contribution is 6.06. The van der Waals surface area contributed by atoms with E-state index in [4.69, 9.17) is 5.73 Å². The lowest BCUT2D eigenvalue weighted by Gasteiger charge is -2.13. The Morgan fingerprint density at radius 2 is 2.00 bits per heavy atom. The van der Waals surface area contributed by atoms with E-state index in [2.05, 4.69) is 38.5 Å². The van der Waals surface area contributed by atoms with Crippen molar-refractivity contribution in [1.82, 2.24) is 24.8 Å². The predicted octanol–water partition coefficient (Wildman–Crippen LogP) is 3.90. The van der Waals surface area contributed by atoms with Gasteiger partial charge in [-0.25, -0.2) is 4.98 Å². The molecule has 0 aliphatic rings. The second-order valence-electron chi connectivity index (χ2n) is 8.37. The molecule has 170 valence electrons. The van der Waals surface area contributed by atoms with Crippen LogP contribution in [0.4, 0.5) is 5.82 Å². The number of nitrogens with zero attached hydrogens (tertiary/aromatic N) is 5. The number of hydrogen-bond acceptors (Lipinski definition) is 6. The van der Waals surface area contributed by atoms with Crippen molar-refractivity contribution in [2.24, 2.45) is 12.1 Å². The van der Waals surface area contributed by atoms with E-state index in [-0.39, 0.29) is 0 Å². The van der Waals surface area contributed by atoms with Crippen LogP contribution >= 0.6 is 0 Å². The highest BCUT2D eigenvalue weighted by Crippen LogP contribution is 2.26. The fraction of sp³-hybridized carbons (Fsp3) is 0.154. The maximum absolute atomic E-state index is 12.0. The van der Waals surface area contributed by atoms with Crippen molar-refractivity contribution in [3.8, 4) is 0 Å². The summed E-state index contributed by atoms with van der Waals surface area (Å²) in [7, 11) is 3.81. The van der Waals surface area contributed by atoms with Crippen LogP contribution in [-0.4, -0.2) is 44.3 Å². The fourth-order valence-corrected chi connectivity index (χ4v) is 4.34. The lowest BCUT2D eigenvalue weighted by Crippen LogP contribution is -2.11. The SMILES string of the molecule is CN(Cc1cccc2[nH]ncc12)/N=C\c1c(C=O)n(C)c2cc(Cc3cccc(N)n3)ccc12. The topological polar surface area (TPSA) is 105 Å². The molecule has 5 aromatic rings. The van der Waals surface area contributed by atoms with Crippen molar-refractivity contribution in [1.29, 1.82) is 0 Å². The highest BCUT2D eigenvalue weighted by atomic mass is 16.1. The van der Waals surface area contributed by atoms with Gasteiger partial charge in [-0.15, -0.1) is 0 Å². The number of rotatable bonds is 7. The van der Waals surface area contributed by atoms with Gasteiger partial charge in [0.25, 0.3) is 0 Å². The minimum atomic E-state index is 0.507. The molecule has 0 amide bonds. The number of benzene rings is 2. The number of nitrogen functional groups attached to an aromatic ring is 1. The summed E-state index contributed by atoms with van der Waals surface area (Å²) in [5, 5.41) is 15.7. The lowest BCUT2D eigenvalue weighted by molar-refractivity contribution is 0.111. The van der Waals surface area contributed by atoms with Crippen molar-refractivity contribution >= 4 is 40.1 Å². The molecule has 0 aliphatic heterocycles. The molecule has 0 radical (unpaired) electrons. The van der Waals surface area contributed by atoms with Crippen LogP contribution in [0.15, 0.2) is 65.9 Å². The minimum absolute atomic E-state index is 0.507. The normalized spacial score (nSPS) is 11.6. The third-order valence-electron chi connectivity index (χ3n) is 6.03. The van der Waals surface area contributed by atoms with Gasteiger partial charge in [-0.1, -0.05) is 30.3 Å². The van der Waals surface area contributed by atoms with E-state index in [0.717, 1.165) is 50.5 Å². The minimum Gasteiger partial charge on any atom is -0.384 e. The fourth-order valence-electron chi connectivity index (χ4n) is 4.34. The van der Waals surface area contributed by atoms with Crippen LogP contribution in [0.5, 0.6) is 0 Å². The summed E-state index contributed by atoms with van der Waals surface area (Å²) in [4.78, 5) is 16.3. The number of carbonyl (C=O) groups excluding carboxylic acids is 1. The standard InChI is InChI=1S/C26H25N7O/c1-32(15-18-5-3-7-23-21(18)13-28-31-23)29-14-22-20-10-9-17(11-19-6-4-8-26(27)30-19)12-24(20)33(2)25(22)16-34/h3-10,12-14,16H,11,15H2,1-2H3,(H2,27,30)(H,28,31)/b29-14-. The zero-order valence-electron chi connectivity index (χ0n) is 19.1. The number of nitrogens with one attached hydrogen (secondary N) is 1. The van der Waals surface area contributed by atoms with Crippen LogP contribution < -0.4 is 5.73 Å². The maximum atomic E-state index is 12.0. The number of aryl methyl sites for hydroxylation is 1. The Balaban J connectivity index is 1.43. The van der Waals surface area contributed by atoms with Gasteiger partial charge in [-0.05, 0) is 35.4 Å². The van der Waals surface area contributed by atoms with Crippen LogP contribution in [0, 0.1) is 0 Å². The average molecular weight is 452 g/mol. The van der Waals surface area contributed by atoms with E-state index in [1.54, 1.807) is 12.3 Å². The third-order valence-corrected chi connectivity index (χ3v) is 6.03. The largest absolute Gasteiger partial charge is 0.384 e. The molecule has 8 heteroatoms. The van der Waals surface area contributed by atoms with Gasteiger partial charge in [-0.2, -0.15) is 10.2 Å². The van der Waals surface area contributed by atoms with Gasteiger partial charge in [-0.3, -0.25) is 14.9 Å². The number of aromatic nitrogens is 4. The molecule has 2 aromatic carbocycles. The molecular formula is C26H25N7O. The molecule has 0 saturated heterocycles. The predicted molar refractivity (Wildman–Crippen MR) is 135 cm³/mol. The molecule has 5 rings (SSSR count). The van der Waals surface area contributed by atoms with Gasteiger partial charge in [0.15, 0.2) is 6.29 Å². The van der Waals surface area contributed by atoms with Gasteiger partial charge in [0.1, 0.15) is 5.82 Å². The van der Waals surface area contributed by atoms with E-state index in [1.807, 2.05) is 60.2 Å². The molecule has 3 aromatic heterocycles. The lowest BCUT2D eigenvalue weighted by atomic mass is 10.1. The van der Waals surface area contributed by atoms with Crippen LogP contribution in [-0.2, 0) is 20.0 Å². The number of nitrogens with two attached hydrogens (primary N) is 1. The van der Waals surface area contributed by atoms with Crippen molar-refractivity contribution in [3.63, 3.8) is 0 Å². The van der Waals surface area contributed by atoms with Gasteiger partial charge in [0, 0.05) is 48.1 Å². The van der Waals surface area contributed by atoms with Crippen molar-refractivity contribution in [3.05, 3.63) is 88.9 Å². The summed E-state index contributed by atoms with van der Waals surface area (Å²) < 4.78 is 1.91. The molecule has 0 spiro atoms. The quantitative estimate of drug-likeness (QED) is 0.222. The Bertz CT molecular complexity index is 1530. The van der Waals surface area contributed by atoms with Crippen molar-refractivity contribution in [2.75, 3.05) is 12.8 Å². The summed E-state index contributed by atoms with van der Waals surface area (Å²) in [6.45, 7) is 0.617. The van der Waals surface area contributed by atoms with E-state index in [0.29, 0.717) is 24.5 Å². The number of pyridine rings is 1. The number of H-pyrrole nitrogens is 1. The molecule has 0 atom stereocenters. The highest BCUT2D eigenvalue weighted by Gasteiger charge is 2.14. The van der Waals surface area contributed by atoms with Crippen molar-refractivity contribution < 1.29 is 4.79 Å². The molecular weight excluding hydrogens is 426 g/mol. The first-order valence-corrected chi connectivity index (χ1v) is 11.0. The molecule has 34 heavy (non-hydrogen) atoms.